The maximum Gasteiger partial charge on any atom is 0.327 e. The summed E-state index contributed by atoms with van der Waals surface area (Å²) in [5.41, 5.74) is 3.37. The molecule has 0 aliphatic heterocycles. The van der Waals surface area contributed by atoms with Crippen molar-refractivity contribution in [2.24, 2.45) is 0 Å². The topological polar surface area (TPSA) is 80.9 Å². The van der Waals surface area contributed by atoms with Gasteiger partial charge in [0.05, 0.1) is 0 Å². The number of tetrazole rings is 1. The van der Waals surface area contributed by atoms with Crippen LogP contribution in [0.25, 0.3) is 11.4 Å². The van der Waals surface area contributed by atoms with E-state index in [0.29, 0.717) is 5.82 Å². The summed E-state index contributed by atoms with van der Waals surface area (Å²) < 4.78 is 0. The molecular weight excluding hydrogens is 292 g/mol. The van der Waals surface area contributed by atoms with Crippen LogP contribution in [0.3, 0.4) is 0 Å². The minimum absolute atomic E-state index is 0.290. The van der Waals surface area contributed by atoms with Gasteiger partial charge >= 0.3 is 5.97 Å². The van der Waals surface area contributed by atoms with Crippen LogP contribution in [-0.2, 0) is 24.2 Å². The van der Waals surface area contributed by atoms with Gasteiger partial charge in [-0.3, -0.25) is 4.79 Å². The van der Waals surface area contributed by atoms with E-state index in [-0.39, 0.29) is 6.54 Å². The second kappa shape index (κ2) is 6.83. The molecule has 6 nitrogen and oxygen atoms in total. The number of aliphatic carboxylic acids is 1. The van der Waals surface area contributed by atoms with Gasteiger partial charge in [0.2, 0.25) is 5.82 Å². The van der Waals surface area contributed by atoms with Gasteiger partial charge < -0.3 is 5.11 Å². The van der Waals surface area contributed by atoms with Crippen LogP contribution in [0.1, 0.15) is 11.1 Å². The summed E-state index contributed by atoms with van der Waals surface area (Å²) in [5.74, 6) is -0.564. The van der Waals surface area contributed by atoms with Crippen molar-refractivity contribution in [1.29, 1.82) is 0 Å². The maximum atomic E-state index is 10.6. The Morgan fingerprint density at radius 2 is 1.61 bits per heavy atom. The number of carbonyl (C=O) groups is 1. The number of aryl methyl sites for hydroxylation is 2. The average Bonchev–Trinajstić information content (AvgIpc) is 3.02. The highest BCUT2D eigenvalue weighted by atomic mass is 16.4. The number of hydrogen-bond acceptors (Lipinski definition) is 4. The van der Waals surface area contributed by atoms with Crippen molar-refractivity contribution < 1.29 is 9.90 Å². The van der Waals surface area contributed by atoms with Gasteiger partial charge in [0.25, 0.3) is 0 Å². The summed E-state index contributed by atoms with van der Waals surface area (Å²) >= 11 is 0. The molecule has 23 heavy (non-hydrogen) atoms. The second-order valence-electron chi connectivity index (χ2n) is 5.22. The van der Waals surface area contributed by atoms with E-state index in [1.807, 2.05) is 42.5 Å². The third-order valence-corrected chi connectivity index (χ3v) is 3.49. The number of nitrogens with zero attached hydrogens (tertiary/aromatic N) is 4. The highest BCUT2D eigenvalue weighted by molar-refractivity contribution is 5.66. The Bertz CT molecular complexity index is 782. The van der Waals surface area contributed by atoms with Gasteiger partial charge in [-0.1, -0.05) is 54.6 Å². The van der Waals surface area contributed by atoms with Crippen molar-refractivity contribution in [3.63, 3.8) is 0 Å². The molecule has 1 N–H and O–H groups in total. The minimum atomic E-state index is -0.995. The number of benzene rings is 2. The SMILES string of the molecule is O=C(O)Cn1nnc(-c2ccc(CCc3ccccc3)cc2)n1. The molecule has 0 saturated carbocycles. The van der Waals surface area contributed by atoms with Gasteiger partial charge in [0, 0.05) is 5.56 Å². The Balaban J connectivity index is 1.64. The fourth-order valence-corrected chi connectivity index (χ4v) is 2.30. The van der Waals surface area contributed by atoms with E-state index in [4.69, 9.17) is 5.11 Å². The molecule has 0 spiro atoms. The molecule has 3 rings (SSSR count). The molecule has 0 atom stereocenters. The van der Waals surface area contributed by atoms with Crippen LogP contribution in [0.5, 0.6) is 0 Å². The molecule has 3 aromatic rings. The van der Waals surface area contributed by atoms with Crippen molar-refractivity contribution in [3.8, 4) is 11.4 Å². The van der Waals surface area contributed by atoms with Crippen LogP contribution in [0.4, 0.5) is 0 Å². The Morgan fingerprint density at radius 3 is 2.26 bits per heavy atom. The molecule has 0 radical (unpaired) electrons. The molecule has 0 fully saturated rings. The molecule has 6 heteroatoms. The van der Waals surface area contributed by atoms with Gasteiger partial charge in [-0.2, -0.15) is 4.80 Å². The molecule has 1 aromatic heterocycles. The number of aromatic nitrogens is 4. The number of carboxylic acids is 1. The molecule has 0 amide bonds. The Kier molecular flexibility index (Phi) is 4.42. The molecule has 116 valence electrons. The first-order valence-electron chi connectivity index (χ1n) is 7.33. The lowest BCUT2D eigenvalue weighted by Crippen LogP contribution is -2.11. The fraction of sp³-hybridized carbons (Fsp3) is 0.176. The van der Waals surface area contributed by atoms with Gasteiger partial charge in [-0.05, 0) is 29.2 Å². The van der Waals surface area contributed by atoms with Crippen LogP contribution in [-0.4, -0.2) is 31.3 Å². The molecule has 2 aromatic carbocycles. The van der Waals surface area contributed by atoms with E-state index in [9.17, 15) is 4.79 Å². The smallest absolute Gasteiger partial charge is 0.327 e. The first-order chi connectivity index (χ1) is 11.2. The van der Waals surface area contributed by atoms with Crippen molar-refractivity contribution in [2.75, 3.05) is 0 Å². The van der Waals surface area contributed by atoms with E-state index in [0.717, 1.165) is 23.2 Å². The van der Waals surface area contributed by atoms with Gasteiger partial charge in [0.15, 0.2) is 6.54 Å². The summed E-state index contributed by atoms with van der Waals surface area (Å²) in [6, 6.07) is 18.3. The molecule has 0 bridgehead atoms. The van der Waals surface area contributed by atoms with Gasteiger partial charge in [0.1, 0.15) is 0 Å². The molecule has 0 aliphatic carbocycles. The highest BCUT2D eigenvalue weighted by Crippen LogP contribution is 2.15. The van der Waals surface area contributed by atoms with Crippen molar-refractivity contribution in [1.82, 2.24) is 20.2 Å². The Morgan fingerprint density at radius 1 is 0.957 bits per heavy atom. The molecule has 1 heterocycles. The molecule has 0 unspecified atom stereocenters. The lowest BCUT2D eigenvalue weighted by Gasteiger charge is -2.03. The van der Waals surface area contributed by atoms with Gasteiger partial charge in [-0.25, -0.2) is 0 Å². The number of carboxylic acid groups (broad SMARTS) is 1. The Hall–Kier alpha value is -3.02. The third-order valence-electron chi connectivity index (χ3n) is 3.49. The quantitative estimate of drug-likeness (QED) is 0.755. The predicted octanol–water partition coefficient (Wildman–Crippen LogP) is 2.21. The minimum Gasteiger partial charge on any atom is -0.480 e. The van der Waals surface area contributed by atoms with E-state index in [1.165, 1.54) is 11.1 Å². The van der Waals surface area contributed by atoms with E-state index >= 15 is 0 Å². The zero-order chi connectivity index (χ0) is 16.1. The number of hydrogen-bond donors (Lipinski definition) is 1. The monoisotopic (exact) mass is 308 g/mol. The van der Waals surface area contributed by atoms with Crippen LogP contribution in [0.15, 0.2) is 54.6 Å². The zero-order valence-corrected chi connectivity index (χ0v) is 12.5. The average molecular weight is 308 g/mol. The van der Waals surface area contributed by atoms with E-state index in [2.05, 4.69) is 27.5 Å². The summed E-state index contributed by atoms with van der Waals surface area (Å²) in [6.07, 6.45) is 1.96. The summed E-state index contributed by atoms with van der Waals surface area (Å²) in [6.45, 7) is -0.290. The third kappa shape index (κ3) is 4.00. The van der Waals surface area contributed by atoms with Crippen LogP contribution < -0.4 is 0 Å². The Labute approximate surface area is 133 Å². The largest absolute Gasteiger partial charge is 0.480 e. The fourth-order valence-electron chi connectivity index (χ4n) is 2.30. The van der Waals surface area contributed by atoms with Crippen molar-refractivity contribution in [2.45, 2.75) is 19.4 Å². The van der Waals surface area contributed by atoms with E-state index < -0.39 is 5.97 Å². The van der Waals surface area contributed by atoms with Gasteiger partial charge in [-0.15, -0.1) is 10.2 Å². The molecular formula is C17H16N4O2. The first kappa shape index (κ1) is 14.9. The van der Waals surface area contributed by atoms with Crippen LogP contribution in [0.2, 0.25) is 0 Å². The summed E-state index contributed by atoms with van der Waals surface area (Å²) in [4.78, 5) is 11.7. The standard InChI is InChI=1S/C17H16N4O2/c22-16(23)12-21-19-17(18-20-21)15-10-8-14(9-11-15)7-6-13-4-2-1-3-5-13/h1-5,8-11H,6-7,12H2,(H,22,23). The van der Waals surface area contributed by atoms with Crippen molar-refractivity contribution >= 4 is 5.97 Å². The first-order valence-corrected chi connectivity index (χ1v) is 7.33. The normalized spacial score (nSPS) is 10.6. The predicted molar refractivity (Wildman–Crippen MR) is 84.7 cm³/mol. The molecule has 0 aliphatic rings. The second-order valence-corrected chi connectivity index (χ2v) is 5.22. The lowest BCUT2D eigenvalue weighted by atomic mass is 10.0. The molecule has 0 saturated heterocycles. The van der Waals surface area contributed by atoms with Crippen LogP contribution >= 0.6 is 0 Å². The number of rotatable bonds is 6. The van der Waals surface area contributed by atoms with E-state index in [1.54, 1.807) is 0 Å². The lowest BCUT2D eigenvalue weighted by molar-refractivity contribution is -0.138. The van der Waals surface area contributed by atoms with Crippen LogP contribution in [0, 0.1) is 0 Å². The summed E-state index contributed by atoms with van der Waals surface area (Å²) in [7, 11) is 0. The maximum absolute atomic E-state index is 10.6. The summed E-state index contributed by atoms with van der Waals surface area (Å²) in [5, 5.41) is 20.4. The van der Waals surface area contributed by atoms with Crippen molar-refractivity contribution in [3.05, 3.63) is 65.7 Å². The zero-order valence-electron chi connectivity index (χ0n) is 12.5. The highest BCUT2D eigenvalue weighted by Gasteiger charge is 2.08.